The van der Waals surface area contributed by atoms with Crippen molar-refractivity contribution < 1.29 is 13.9 Å². The number of fused-ring (bicyclic) bond motifs is 1. The number of carbonyl (C=O) groups is 1. The summed E-state index contributed by atoms with van der Waals surface area (Å²) < 4.78 is 18.8. The third kappa shape index (κ3) is 4.66. The summed E-state index contributed by atoms with van der Waals surface area (Å²) >= 11 is 0. The maximum absolute atomic E-state index is 13.9. The summed E-state index contributed by atoms with van der Waals surface area (Å²) in [5, 5.41) is 6.03. The van der Waals surface area contributed by atoms with Crippen LogP contribution in [0.4, 0.5) is 4.39 Å². The highest BCUT2D eigenvalue weighted by molar-refractivity contribution is 5.85. The second kappa shape index (κ2) is 9.08. The lowest BCUT2D eigenvalue weighted by atomic mass is 9.80. The molecule has 0 spiro atoms. The first-order valence-corrected chi connectivity index (χ1v) is 7.39. The second-order valence-electron chi connectivity index (χ2n) is 5.54. The number of hydrogen-bond donors (Lipinski definition) is 2. The third-order valence-electron chi connectivity index (χ3n) is 3.99. The highest BCUT2D eigenvalue weighted by Gasteiger charge is 2.29. The Bertz CT molecular complexity index is 499. The van der Waals surface area contributed by atoms with Crippen LogP contribution in [0.5, 0.6) is 0 Å². The molecular formula is C16H24ClFN2O2. The highest BCUT2D eigenvalue weighted by Crippen LogP contribution is 2.35. The van der Waals surface area contributed by atoms with Crippen molar-refractivity contribution in [2.75, 3.05) is 26.8 Å². The van der Waals surface area contributed by atoms with Gasteiger partial charge in [-0.05, 0) is 36.0 Å². The molecule has 22 heavy (non-hydrogen) atoms. The number of benzene rings is 1. The van der Waals surface area contributed by atoms with E-state index in [9.17, 15) is 9.18 Å². The molecule has 0 aliphatic heterocycles. The number of ether oxygens (including phenoxy) is 1. The normalized spacial score (nSPS) is 20.0. The summed E-state index contributed by atoms with van der Waals surface area (Å²) in [7, 11) is 1.62. The molecule has 2 rings (SSSR count). The Kier molecular flexibility index (Phi) is 7.79. The molecule has 0 radical (unpaired) electrons. The minimum Gasteiger partial charge on any atom is -0.383 e. The van der Waals surface area contributed by atoms with Crippen LogP contribution in [0.1, 0.15) is 30.5 Å². The zero-order valence-corrected chi connectivity index (χ0v) is 13.8. The van der Waals surface area contributed by atoms with E-state index >= 15 is 0 Å². The van der Waals surface area contributed by atoms with E-state index in [0.29, 0.717) is 19.1 Å². The summed E-state index contributed by atoms with van der Waals surface area (Å²) in [6.45, 7) is 3.55. The van der Waals surface area contributed by atoms with Gasteiger partial charge in [0.1, 0.15) is 5.82 Å². The lowest BCUT2D eigenvalue weighted by molar-refractivity contribution is -0.121. The van der Waals surface area contributed by atoms with Crippen molar-refractivity contribution in [1.29, 1.82) is 0 Å². The van der Waals surface area contributed by atoms with E-state index in [4.69, 9.17) is 4.74 Å². The maximum Gasteiger partial charge on any atom is 0.234 e. The summed E-state index contributed by atoms with van der Waals surface area (Å²) in [6.07, 6.45) is 1.62. The summed E-state index contributed by atoms with van der Waals surface area (Å²) in [5.74, 6) is 0.0687. The minimum absolute atomic E-state index is 0. The van der Waals surface area contributed by atoms with E-state index in [0.717, 1.165) is 24.0 Å². The number of rotatable bonds is 6. The summed E-state index contributed by atoms with van der Waals surface area (Å²) in [4.78, 5) is 12.0. The van der Waals surface area contributed by atoms with Crippen LogP contribution in [-0.2, 0) is 16.0 Å². The first kappa shape index (κ1) is 18.9. The lowest BCUT2D eigenvalue weighted by Gasteiger charge is -2.32. The fourth-order valence-corrected chi connectivity index (χ4v) is 2.80. The van der Waals surface area contributed by atoms with Gasteiger partial charge in [0, 0.05) is 13.7 Å². The number of halogens is 2. The van der Waals surface area contributed by atoms with Crippen LogP contribution in [-0.4, -0.2) is 32.7 Å². The molecule has 2 atom stereocenters. The summed E-state index contributed by atoms with van der Waals surface area (Å²) in [6, 6.07) is 5.00. The molecule has 0 heterocycles. The number of hydrogen-bond acceptors (Lipinski definition) is 3. The van der Waals surface area contributed by atoms with Gasteiger partial charge in [-0.1, -0.05) is 19.1 Å². The van der Waals surface area contributed by atoms with E-state index < -0.39 is 0 Å². The molecule has 124 valence electrons. The van der Waals surface area contributed by atoms with E-state index in [1.54, 1.807) is 13.2 Å². The van der Waals surface area contributed by atoms with Crippen molar-refractivity contribution in [2.24, 2.45) is 5.92 Å². The average Bonchev–Trinajstić information content (AvgIpc) is 2.47. The van der Waals surface area contributed by atoms with E-state index in [2.05, 4.69) is 17.6 Å². The second-order valence-corrected chi connectivity index (χ2v) is 5.54. The predicted molar refractivity (Wildman–Crippen MR) is 86.8 cm³/mol. The number of amides is 1. The van der Waals surface area contributed by atoms with E-state index in [-0.39, 0.29) is 36.7 Å². The quantitative estimate of drug-likeness (QED) is 0.786. The monoisotopic (exact) mass is 330 g/mol. The van der Waals surface area contributed by atoms with Gasteiger partial charge in [0.05, 0.1) is 19.2 Å². The van der Waals surface area contributed by atoms with Crippen LogP contribution in [0.15, 0.2) is 18.2 Å². The predicted octanol–water partition coefficient (Wildman–Crippen LogP) is 2.22. The number of carbonyl (C=O) groups excluding carboxylic acids is 1. The van der Waals surface area contributed by atoms with E-state index in [1.165, 1.54) is 6.07 Å². The fourth-order valence-electron chi connectivity index (χ4n) is 2.80. The van der Waals surface area contributed by atoms with Crippen LogP contribution in [0.25, 0.3) is 0 Å². The Morgan fingerprint density at radius 1 is 1.45 bits per heavy atom. The molecule has 0 aromatic heterocycles. The minimum atomic E-state index is -0.170. The summed E-state index contributed by atoms with van der Waals surface area (Å²) in [5.41, 5.74) is 1.66. The van der Waals surface area contributed by atoms with Gasteiger partial charge >= 0.3 is 0 Å². The van der Waals surface area contributed by atoms with Crippen LogP contribution >= 0.6 is 12.4 Å². The van der Waals surface area contributed by atoms with Crippen molar-refractivity contribution in [3.63, 3.8) is 0 Å². The topological polar surface area (TPSA) is 50.4 Å². The van der Waals surface area contributed by atoms with E-state index in [1.807, 2.05) is 6.07 Å². The van der Waals surface area contributed by atoms with Crippen LogP contribution in [0.2, 0.25) is 0 Å². The SMILES string of the molecule is COCCNCC(=O)NC1c2cccc(F)c2CCC1C.Cl. The maximum atomic E-state index is 13.9. The standard InChI is InChI=1S/C16H23FN2O2.ClH/c1-11-6-7-12-13(4-3-5-14(12)17)16(11)19-15(20)10-18-8-9-21-2;/h3-5,11,16,18H,6-10H2,1-2H3,(H,19,20);1H. The van der Waals surface area contributed by atoms with Crippen molar-refractivity contribution >= 4 is 18.3 Å². The molecule has 1 aliphatic rings. The molecule has 0 saturated heterocycles. The average molecular weight is 331 g/mol. The van der Waals surface area contributed by atoms with Gasteiger partial charge in [0.2, 0.25) is 5.91 Å². The molecule has 0 saturated carbocycles. The van der Waals surface area contributed by atoms with Gasteiger partial charge in [-0.3, -0.25) is 4.79 Å². The first-order valence-electron chi connectivity index (χ1n) is 7.39. The van der Waals surface area contributed by atoms with Gasteiger partial charge in [-0.2, -0.15) is 0 Å². The molecule has 1 aromatic carbocycles. The van der Waals surface area contributed by atoms with Crippen LogP contribution < -0.4 is 10.6 Å². The smallest absolute Gasteiger partial charge is 0.234 e. The Balaban J connectivity index is 0.00000242. The molecule has 4 nitrogen and oxygen atoms in total. The fraction of sp³-hybridized carbons (Fsp3) is 0.562. The molecule has 2 unspecified atom stereocenters. The van der Waals surface area contributed by atoms with Crippen LogP contribution in [0.3, 0.4) is 0 Å². The van der Waals surface area contributed by atoms with Crippen molar-refractivity contribution in [3.05, 3.63) is 35.1 Å². The molecule has 1 amide bonds. The molecule has 0 fully saturated rings. The molecule has 1 aromatic rings. The van der Waals surface area contributed by atoms with Crippen molar-refractivity contribution in [2.45, 2.75) is 25.8 Å². The number of methoxy groups -OCH3 is 1. The zero-order chi connectivity index (χ0) is 15.2. The van der Waals surface area contributed by atoms with Crippen molar-refractivity contribution in [1.82, 2.24) is 10.6 Å². The van der Waals surface area contributed by atoms with Crippen molar-refractivity contribution in [3.8, 4) is 0 Å². The Morgan fingerprint density at radius 2 is 2.23 bits per heavy atom. The highest BCUT2D eigenvalue weighted by atomic mass is 35.5. The van der Waals surface area contributed by atoms with Crippen LogP contribution in [0, 0.1) is 11.7 Å². The largest absolute Gasteiger partial charge is 0.383 e. The molecule has 2 N–H and O–H groups in total. The van der Waals surface area contributed by atoms with Gasteiger partial charge in [0.15, 0.2) is 0 Å². The first-order chi connectivity index (χ1) is 10.1. The van der Waals surface area contributed by atoms with Gasteiger partial charge in [-0.15, -0.1) is 12.4 Å². The van der Waals surface area contributed by atoms with Gasteiger partial charge < -0.3 is 15.4 Å². The van der Waals surface area contributed by atoms with Gasteiger partial charge in [-0.25, -0.2) is 4.39 Å². The number of nitrogens with one attached hydrogen (secondary N) is 2. The zero-order valence-electron chi connectivity index (χ0n) is 13.0. The molecule has 1 aliphatic carbocycles. The molecular weight excluding hydrogens is 307 g/mol. The third-order valence-corrected chi connectivity index (χ3v) is 3.99. The van der Waals surface area contributed by atoms with Gasteiger partial charge in [0.25, 0.3) is 0 Å². The lowest BCUT2D eigenvalue weighted by Crippen LogP contribution is -2.41. The molecule has 6 heteroatoms. The Hall–Kier alpha value is -1.17. The Labute approximate surface area is 137 Å². The Morgan fingerprint density at radius 3 is 2.95 bits per heavy atom. The molecule has 0 bridgehead atoms.